The van der Waals surface area contributed by atoms with Crippen molar-refractivity contribution in [2.24, 2.45) is 0 Å². The van der Waals surface area contributed by atoms with E-state index in [-0.39, 0.29) is 44.2 Å². The van der Waals surface area contributed by atoms with E-state index in [0.717, 1.165) is 63.1 Å². The second-order valence-corrected chi connectivity index (χ2v) is 18.8. The predicted molar refractivity (Wildman–Crippen MR) is 259 cm³/mol. The molecule has 22 heteroatoms. The Bertz CT molecular complexity index is 3200. The number of pyridine rings is 3. The highest BCUT2D eigenvalue weighted by Gasteiger charge is 2.27. The van der Waals surface area contributed by atoms with E-state index in [1.165, 1.54) is 56.7 Å². The van der Waals surface area contributed by atoms with Gasteiger partial charge >= 0.3 is 0 Å². The molecule has 8 aromatic heterocycles. The first kappa shape index (κ1) is 46.4. The first-order chi connectivity index (χ1) is 31.0. The van der Waals surface area contributed by atoms with Crippen LogP contribution in [0.1, 0.15) is 36.0 Å². The highest BCUT2D eigenvalue weighted by molar-refractivity contribution is 7.12. The lowest BCUT2D eigenvalue weighted by Gasteiger charge is -2.36. The quantitative estimate of drug-likeness (QED) is 0.143. The second-order valence-electron chi connectivity index (χ2n) is 13.6. The molecule has 2 saturated heterocycles. The molecule has 0 unspecified atom stereocenters. The molecule has 10 heterocycles. The number of piperazine rings is 2. The number of nitriles is 3. The summed E-state index contributed by atoms with van der Waals surface area (Å²) in [6.07, 6.45) is 0. The highest BCUT2D eigenvalue weighted by Crippen LogP contribution is 2.33. The molecular formula is C42H31Cl3N10O4S5. The van der Waals surface area contributed by atoms with E-state index in [2.05, 4.69) is 20.3 Å². The van der Waals surface area contributed by atoms with Crippen LogP contribution in [0.4, 0.5) is 5.69 Å². The fraction of sp³-hybridized carbons (Fsp3) is 0.190. The molecule has 14 nitrogen and oxygen atoms in total. The van der Waals surface area contributed by atoms with Gasteiger partial charge in [0, 0.05) is 101 Å². The van der Waals surface area contributed by atoms with E-state index < -0.39 is 5.56 Å². The summed E-state index contributed by atoms with van der Waals surface area (Å²) in [5.41, 5.74) is 2.43. The molecule has 8 aromatic rings. The minimum atomic E-state index is -0.432. The van der Waals surface area contributed by atoms with E-state index >= 15 is 0 Å². The topological polar surface area (TPSA) is 206 Å². The van der Waals surface area contributed by atoms with Crippen LogP contribution < -0.4 is 21.3 Å². The SMILES string of the molecule is N#Cc1c(Cl)c2cscc2[nH]c1=O.N#Cc1c(Cl)nc2cscc2c1Cl.N#Cc1c(N2CCN(C(=O)c3cccs3)CC2)c2cscc2[nH]c1=O.O=C(c1cccs1)N1CCNCC1. The standard InChI is InChI=1S/C17H14N4O2S2.C9H12N2OS.C8H2Cl2N2S.C8H3ClN2OS/c18-8-11-15(12-9-24-10-13(12)19-16(11)22)20-3-5-21(6-4-20)17(23)14-2-1-7-25-14;12-9(8-2-1-7-13-8)11-5-3-10-4-6-11;9-7-4(1-11)8(10)12-6-3-13-2-5(6)7;9-7-4(1-10)8(12)11-6-3-13-2-5(6)7/h1-2,7,9-10H,3-6H2,(H,19,22);1-2,7,10H,3-6H2;2-3H;2-3H,(H,11,12). The third-order valence-electron chi connectivity index (χ3n) is 9.83. The van der Waals surface area contributed by atoms with Crippen molar-refractivity contribution in [3.63, 3.8) is 0 Å². The number of anilines is 1. The van der Waals surface area contributed by atoms with Crippen molar-refractivity contribution in [3.8, 4) is 18.2 Å². The molecule has 2 aliphatic rings. The Morgan fingerprint density at radius 1 is 0.625 bits per heavy atom. The molecule has 0 spiro atoms. The van der Waals surface area contributed by atoms with Gasteiger partial charge in [0.25, 0.3) is 22.9 Å². The number of amides is 2. The van der Waals surface area contributed by atoms with Crippen molar-refractivity contribution < 1.29 is 9.59 Å². The second kappa shape index (κ2) is 21.4. The Balaban J connectivity index is 0.000000135. The predicted octanol–water partition coefficient (Wildman–Crippen LogP) is 8.87. The van der Waals surface area contributed by atoms with E-state index in [4.69, 9.17) is 45.3 Å². The van der Waals surface area contributed by atoms with Gasteiger partial charge in [-0.1, -0.05) is 46.9 Å². The molecule has 64 heavy (non-hydrogen) atoms. The van der Waals surface area contributed by atoms with Gasteiger partial charge in [0.15, 0.2) is 0 Å². The zero-order valence-corrected chi connectivity index (χ0v) is 39.4. The van der Waals surface area contributed by atoms with Gasteiger partial charge in [-0.05, 0) is 22.9 Å². The molecule has 0 aliphatic carbocycles. The van der Waals surface area contributed by atoms with Crippen LogP contribution in [0.25, 0.3) is 32.7 Å². The summed E-state index contributed by atoms with van der Waals surface area (Å²) in [5.74, 6) is 0.221. The maximum absolute atomic E-state index is 12.5. The van der Waals surface area contributed by atoms with Crippen LogP contribution in [-0.2, 0) is 0 Å². The number of carbonyl (C=O) groups excluding carboxylic acids is 2. The molecule has 2 amide bonds. The molecule has 2 fully saturated rings. The summed E-state index contributed by atoms with van der Waals surface area (Å²) in [6.45, 7) is 5.82. The smallest absolute Gasteiger partial charge is 0.268 e. The molecule has 10 rings (SSSR count). The van der Waals surface area contributed by atoms with Crippen LogP contribution in [0, 0.1) is 34.0 Å². The van der Waals surface area contributed by atoms with E-state index in [9.17, 15) is 24.4 Å². The van der Waals surface area contributed by atoms with Gasteiger partial charge in [0.2, 0.25) is 0 Å². The van der Waals surface area contributed by atoms with E-state index in [0.29, 0.717) is 42.4 Å². The molecule has 324 valence electrons. The number of nitrogens with one attached hydrogen (secondary N) is 3. The Kier molecular flexibility index (Phi) is 15.5. The highest BCUT2D eigenvalue weighted by atomic mass is 35.5. The fourth-order valence-corrected chi connectivity index (χ4v) is 11.3. The first-order valence-electron chi connectivity index (χ1n) is 19.0. The van der Waals surface area contributed by atoms with Crippen molar-refractivity contribution in [2.75, 3.05) is 57.3 Å². The van der Waals surface area contributed by atoms with Crippen LogP contribution in [-0.4, -0.2) is 88.9 Å². The number of hydrogen-bond donors (Lipinski definition) is 3. The summed E-state index contributed by atoms with van der Waals surface area (Å²) in [5, 5.41) is 48.2. The van der Waals surface area contributed by atoms with Crippen molar-refractivity contribution in [1.29, 1.82) is 15.8 Å². The summed E-state index contributed by atoms with van der Waals surface area (Å²) >= 11 is 24.9. The lowest BCUT2D eigenvalue weighted by Crippen LogP contribution is -2.49. The summed E-state index contributed by atoms with van der Waals surface area (Å²) < 4.78 is 0. The fourth-order valence-electron chi connectivity index (χ4n) is 6.66. The molecular weight excluding hydrogens is 975 g/mol. The lowest BCUT2D eigenvalue weighted by molar-refractivity contribution is 0.0737. The van der Waals surface area contributed by atoms with Gasteiger partial charge < -0.3 is 30.0 Å². The van der Waals surface area contributed by atoms with Crippen LogP contribution >= 0.6 is 91.5 Å². The Morgan fingerprint density at radius 2 is 1.12 bits per heavy atom. The lowest BCUT2D eigenvalue weighted by atomic mass is 10.1. The minimum absolute atomic E-state index is 0.0208. The molecule has 2 aliphatic heterocycles. The average Bonchev–Trinajstić information content (AvgIpc) is 4.18. The van der Waals surface area contributed by atoms with Crippen LogP contribution in [0.15, 0.2) is 76.9 Å². The Labute approximate surface area is 399 Å². The summed E-state index contributed by atoms with van der Waals surface area (Å²) in [6, 6.07) is 13.2. The van der Waals surface area contributed by atoms with E-state index in [1.807, 2.05) is 83.4 Å². The van der Waals surface area contributed by atoms with Crippen LogP contribution in [0.2, 0.25) is 15.2 Å². The Hall–Kier alpha value is -5.63. The largest absolute Gasteiger partial charge is 0.366 e. The van der Waals surface area contributed by atoms with Crippen LogP contribution in [0.5, 0.6) is 0 Å². The van der Waals surface area contributed by atoms with Crippen molar-refractivity contribution in [3.05, 3.63) is 130 Å². The maximum Gasteiger partial charge on any atom is 0.268 e. The molecule has 0 saturated carbocycles. The number of halogens is 3. The zero-order valence-electron chi connectivity index (χ0n) is 33.0. The number of fused-ring (bicyclic) bond motifs is 3. The van der Waals surface area contributed by atoms with Crippen molar-refractivity contribution >= 4 is 142 Å². The monoisotopic (exact) mass is 1000 g/mol. The third-order valence-corrected chi connectivity index (χ3v) is 14.8. The molecule has 0 atom stereocenters. The number of H-pyrrole nitrogens is 2. The number of aromatic amines is 2. The number of thiophene rings is 5. The van der Waals surface area contributed by atoms with Gasteiger partial charge in [-0.3, -0.25) is 19.2 Å². The van der Waals surface area contributed by atoms with Gasteiger partial charge in [-0.25, -0.2) is 4.98 Å². The minimum Gasteiger partial charge on any atom is -0.366 e. The Morgan fingerprint density at radius 3 is 1.69 bits per heavy atom. The van der Waals surface area contributed by atoms with Crippen molar-refractivity contribution in [1.82, 2.24) is 30.1 Å². The number of hydrogen-bond acceptors (Lipinski definition) is 15. The van der Waals surface area contributed by atoms with E-state index in [1.54, 1.807) is 16.8 Å². The average molecular weight is 1010 g/mol. The maximum atomic E-state index is 12.5. The first-order valence-corrected chi connectivity index (χ1v) is 24.7. The van der Waals surface area contributed by atoms with Gasteiger partial charge in [0.05, 0.1) is 42.0 Å². The third kappa shape index (κ3) is 10.2. The van der Waals surface area contributed by atoms with Crippen LogP contribution in [0.3, 0.4) is 0 Å². The van der Waals surface area contributed by atoms with Crippen molar-refractivity contribution in [2.45, 2.75) is 0 Å². The molecule has 3 N–H and O–H groups in total. The molecule has 0 bridgehead atoms. The number of nitrogens with zero attached hydrogens (tertiary/aromatic N) is 7. The normalized spacial score (nSPS) is 13.4. The summed E-state index contributed by atoms with van der Waals surface area (Å²) in [7, 11) is 0. The zero-order chi connectivity index (χ0) is 45.3. The van der Waals surface area contributed by atoms with Gasteiger partial charge in [-0.15, -0.1) is 56.7 Å². The molecule has 0 radical (unpaired) electrons. The molecule has 0 aromatic carbocycles. The number of rotatable bonds is 3. The van der Waals surface area contributed by atoms with Gasteiger partial charge in [0.1, 0.15) is 40.1 Å². The van der Waals surface area contributed by atoms with Gasteiger partial charge in [-0.2, -0.15) is 15.8 Å². The summed E-state index contributed by atoms with van der Waals surface area (Å²) in [4.78, 5) is 64.4. The number of carbonyl (C=O) groups is 2. The number of aromatic nitrogens is 3.